The van der Waals surface area contributed by atoms with Gasteiger partial charge in [0.15, 0.2) is 0 Å². The Morgan fingerprint density at radius 1 is 0.788 bits per heavy atom. The maximum atomic E-state index is 5.95. The van der Waals surface area contributed by atoms with Gasteiger partial charge < -0.3 is 9.30 Å². The van der Waals surface area contributed by atoms with Gasteiger partial charge in [-0.15, -0.1) is 0 Å². The summed E-state index contributed by atoms with van der Waals surface area (Å²) in [5.41, 5.74) is 5.88. The summed E-state index contributed by atoms with van der Waals surface area (Å²) in [6, 6.07) is 18.4. The fourth-order valence-electron chi connectivity index (χ4n) is 6.52. The summed E-state index contributed by atoms with van der Waals surface area (Å²) >= 11 is 0. The summed E-state index contributed by atoms with van der Waals surface area (Å²) in [6.45, 7) is 4.69. The van der Waals surface area contributed by atoms with Gasteiger partial charge in [-0.2, -0.15) is 0 Å². The van der Waals surface area contributed by atoms with Crippen LogP contribution in [0.2, 0.25) is 0 Å². The number of para-hydroxylation sites is 2. The SMILES string of the molecule is COc1ccccc1-c1c(P(C2CCCCC2)C2CCCCC2)c2ccccc2n1C(C)C. The molecular formula is C30H40NOP. The quantitative estimate of drug-likeness (QED) is 0.335. The standard InChI is InChI=1S/C30H40NOP/c1-22(2)31-27-20-12-10-18-25(27)30(29(31)26-19-11-13-21-28(26)32-3)33(23-14-6-4-7-15-23)24-16-8-5-9-17-24/h10-13,18-24H,4-9,14-17H2,1-3H3. The third kappa shape index (κ3) is 4.37. The van der Waals surface area contributed by atoms with Crippen LogP contribution in [0.3, 0.4) is 0 Å². The van der Waals surface area contributed by atoms with Gasteiger partial charge in [0.1, 0.15) is 5.75 Å². The molecule has 0 radical (unpaired) electrons. The number of fused-ring (bicyclic) bond motifs is 1. The van der Waals surface area contributed by atoms with Crippen LogP contribution in [0.5, 0.6) is 5.75 Å². The molecule has 0 atom stereocenters. The molecule has 0 aliphatic heterocycles. The lowest BCUT2D eigenvalue weighted by Crippen LogP contribution is -2.27. The van der Waals surface area contributed by atoms with E-state index in [0.717, 1.165) is 17.1 Å². The number of benzene rings is 2. The molecule has 2 fully saturated rings. The van der Waals surface area contributed by atoms with Crippen molar-refractivity contribution in [1.29, 1.82) is 0 Å². The average molecular weight is 462 g/mol. The molecule has 2 aromatic carbocycles. The van der Waals surface area contributed by atoms with Crippen LogP contribution < -0.4 is 10.0 Å². The van der Waals surface area contributed by atoms with Crippen LogP contribution in [0.4, 0.5) is 0 Å². The van der Waals surface area contributed by atoms with Gasteiger partial charge in [-0.05, 0) is 69.0 Å². The minimum Gasteiger partial charge on any atom is -0.496 e. The number of hydrogen-bond donors (Lipinski definition) is 0. The molecule has 2 nitrogen and oxygen atoms in total. The van der Waals surface area contributed by atoms with Gasteiger partial charge in [-0.25, -0.2) is 0 Å². The number of aromatic nitrogens is 1. The Morgan fingerprint density at radius 2 is 1.36 bits per heavy atom. The van der Waals surface area contributed by atoms with Gasteiger partial charge in [-0.3, -0.25) is 0 Å². The molecule has 0 amide bonds. The second-order valence-corrected chi connectivity index (χ2v) is 13.1. The van der Waals surface area contributed by atoms with Gasteiger partial charge in [0, 0.05) is 27.8 Å². The van der Waals surface area contributed by atoms with Gasteiger partial charge in [0.05, 0.1) is 12.8 Å². The van der Waals surface area contributed by atoms with Gasteiger partial charge in [0.25, 0.3) is 0 Å². The molecule has 0 bridgehead atoms. The van der Waals surface area contributed by atoms with Crippen LogP contribution in [0.15, 0.2) is 48.5 Å². The fraction of sp³-hybridized carbons (Fsp3) is 0.533. The van der Waals surface area contributed by atoms with Crippen LogP contribution in [0.1, 0.15) is 84.1 Å². The van der Waals surface area contributed by atoms with Crippen LogP contribution in [0.25, 0.3) is 22.2 Å². The van der Waals surface area contributed by atoms with Crippen molar-refractivity contribution in [3.63, 3.8) is 0 Å². The predicted octanol–water partition coefficient (Wildman–Crippen LogP) is 8.67. The molecule has 1 heterocycles. The molecule has 2 aliphatic rings. The minimum absolute atomic E-state index is 0.234. The first-order chi connectivity index (χ1) is 16.2. The molecule has 5 rings (SSSR count). The second kappa shape index (κ2) is 10.2. The van der Waals surface area contributed by atoms with E-state index in [0.29, 0.717) is 6.04 Å². The molecule has 3 heteroatoms. The third-order valence-electron chi connectivity index (χ3n) is 7.96. The molecule has 33 heavy (non-hydrogen) atoms. The Labute approximate surface area is 201 Å². The largest absolute Gasteiger partial charge is 0.496 e. The maximum absolute atomic E-state index is 5.95. The van der Waals surface area contributed by atoms with Crippen molar-refractivity contribution in [2.24, 2.45) is 0 Å². The van der Waals surface area contributed by atoms with Crippen molar-refractivity contribution >= 4 is 24.1 Å². The highest BCUT2D eigenvalue weighted by atomic mass is 31.1. The topological polar surface area (TPSA) is 14.2 Å². The molecular weight excluding hydrogens is 421 g/mol. The average Bonchev–Trinajstić information content (AvgIpc) is 3.20. The summed E-state index contributed by atoms with van der Waals surface area (Å²) in [5, 5.41) is 3.20. The summed E-state index contributed by atoms with van der Waals surface area (Å²) < 4.78 is 8.58. The normalized spacial score (nSPS) is 18.5. The number of nitrogens with zero attached hydrogens (tertiary/aromatic N) is 1. The van der Waals surface area contributed by atoms with E-state index < -0.39 is 0 Å². The molecule has 2 aliphatic carbocycles. The minimum atomic E-state index is -0.234. The van der Waals surface area contributed by atoms with Crippen LogP contribution >= 0.6 is 7.92 Å². The zero-order chi connectivity index (χ0) is 22.8. The molecule has 176 valence electrons. The third-order valence-corrected chi connectivity index (χ3v) is 11.5. The zero-order valence-electron chi connectivity index (χ0n) is 20.7. The first-order valence-electron chi connectivity index (χ1n) is 13.3. The summed E-state index contributed by atoms with van der Waals surface area (Å²) in [7, 11) is 1.59. The van der Waals surface area contributed by atoms with Crippen molar-refractivity contribution in [1.82, 2.24) is 4.57 Å². The Bertz CT molecular complexity index is 1050. The number of methoxy groups -OCH3 is 1. The second-order valence-electron chi connectivity index (χ2n) is 10.4. The van der Waals surface area contributed by atoms with E-state index in [1.165, 1.54) is 86.4 Å². The highest BCUT2D eigenvalue weighted by Gasteiger charge is 2.37. The Balaban J connectivity index is 1.81. The molecule has 3 aromatic rings. The monoisotopic (exact) mass is 461 g/mol. The molecule has 0 spiro atoms. The van der Waals surface area contributed by atoms with E-state index >= 15 is 0 Å². The highest BCUT2D eigenvalue weighted by molar-refractivity contribution is 7.67. The van der Waals surface area contributed by atoms with Crippen LogP contribution in [0, 0.1) is 0 Å². The van der Waals surface area contributed by atoms with E-state index in [1.807, 2.05) is 7.11 Å². The van der Waals surface area contributed by atoms with E-state index in [2.05, 4.69) is 66.9 Å². The number of hydrogen-bond acceptors (Lipinski definition) is 1. The summed E-state index contributed by atoms with van der Waals surface area (Å²) in [5.74, 6) is 1.01. The molecule has 0 saturated heterocycles. The first kappa shape index (κ1) is 23.0. The van der Waals surface area contributed by atoms with E-state index in [1.54, 1.807) is 5.30 Å². The lowest BCUT2D eigenvalue weighted by atomic mass is 9.99. The fourth-order valence-corrected chi connectivity index (χ4v) is 10.6. The van der Waals surface area contributed by atoms with Crippen molar-refractivity contribution in [2.45, 2.75) is 95.4 Å². The maximum Gasteiger partial charge on any atom is 0.128 e. The van der Waals surface area contributed by atoms with E-state index in [4.69, 9.17) is 4.74 Å². The molecule has 0 N–H and O–H groups in total. The highest BCUT2D eigenvalue weighted by Crippen LogP contribution is 2.58. The van der Waals surface area contributed by atoms with E-state index in [9.17, 15) is 0 Å². The lowest BCUT2D eigenvalue weighted by molar-refractivity contribution is 0.416. The Morgan fingerprint density at radius 3 is 1.97 bits per heavy atom. The zero-order valence-corrected chi connectivity index (χ0v) is 21.6. The molecule has 0 unspecified atom stereocenters. The lowest BCUT2D eigenvalue weighted by Gasteiger charge is -2.39. The predicted molar refractivity (Wildman–Crippen MR) is 145 cm³/mol. The molecule has 1 aromatic heterocycles. The Kier molecular flexibility index (Phi) is 7.12. The first-order valence-corrected chi connectivity index (χ1v) is 14.7. The van der Waals surface area contributed by atoms with E-state index in [-0.39, 0.29) is 7.92 Å². The Hall–Kier alpha value is -1.79. The van der Waals surface area contributed by atoms with Gasteiger partial charge >= 0.3 is 0 Å². The van der Waals surface area contributed by atoms with Gasteiger partial charge in [-0.1, -0.05) is 76.8 Å². The van der Waals surface area contributed by atoms with Crippen molar-refractivity contribution in [3.8, 4) is 17.0 Å². The smallest absolute Gasteiger partial charge is 0.128 e. The van der Waals surface area contributed by atoms with Crippen molar-refractivity contribution in [2.75, 3.05) is 7.11 Å². The molecule has 2 saturated carbocycles. The van der Waals surface area contributed by atoms with Gasteiger partial charge in [0.2, 0.25) is 0 Å². The van der Waals surface area contributed by atoms with Crippen LogP contribution in [-0.4, -0.2) is 23.0 Å². The summed E-state index contributed by atoms with van der Waals surface area (Å²) in [4.78, 5) is 0. The van der Waals surface area contributed by atoms with Crippen molar-refractivity contribution < 1.29 is 4.74 Å². The number of rotatable bonds is 6. The number of ether oxygens (including phenoxy) is 1. The summed E-state index contributed by atoms with van der Waals surface area (Å²) in [6.07, 6.45) is 14.2. The van der Waals surface area contributed by atoms with Crippen LogP contribution in [-0.2, 0) is 0 Å². The van der Waals surface area contributed by atoms with Crippen molar-refractivity contribution in [3.05, 3.63) is 48.5 Å².